The number of carbonyl (C=O) groups excluding carboxylic acids is 1. The second-order valence-corrected chi connectivity index (χ2v) is 8.91. The molecular formula is C27H39FN4O10. The normalized spacial score (nSPS) is 15.5. The van der Waals surface area contributed by atoms with Crippen molar-refractivity contribution >= 4 is 17.6 Å². The minimum atomic E-state index is -1.12. The maximum atomic E-state index is 13.5. The number of carboxylic acid groups (broad SMARTS) is 1. The lowest BCUT2D eigenvalue weighted by atomic mass is 10.1. The Balaban J connectivity index is 0.00000135. The van der Waals surface area contributed by atoms with Gasteiger partial charge in [-0.05, 0) is 44.4 Å². The van der Waals surface area contributed by atoms with Crippen LogP contribution in [0.2, 0.25) is 0 Å². The Morgan fingerprint density at radius 2 is 1.88 bits per heavy atom. The van der Waals surface area contributed by atoms with Gasteiger partial charge in [-0.1, -0.05) is 26.7 Å². The van der Waals surface area contributed by atoms with Crippen LogP contribution in [-0.2, 0) is 25.5 Å². The Bertz CT molecular complexity index is 1280. The third-order valence-corrected chi connectivity index (χ3v) is 5.70. The molecule has 15 heteroatoms. The Morgan fingerprint density at radius 1 is 1.21 bits per heavy atom. The van der Waals surface area contributed by atoms with E-state index < -0.39 is 46.3 Å². The number of esters is 1. The number of rotatable bonds is 13. The number of nitro benzene ring substituents is 1. The lowest BCUT2D eigenvalue weighted by Crippen LogP contribution is -2.34. The summed E-state index contributed by atoms with van der Waals surface area (Å²) in [5.74, 6) is -2.23. The molecule has 0 aliphatic carbocycles. The molecule has 0 spiro atoms. The second-order valence-electron chi connectivity index (χ2n) is 8.91. The van der Waals surface area contributed by atoms with Crippen LogP contribution in [0.4, 0.5) is 10.1 Å². The first-order valence-electron chi connectivity index (χ1n) is 13.6. The zero-order chi connectivity index (χ0) is 31.7. The van der Waals surface area contributed by atoms with E-state index in [1.807, 2.05) is 18.8 Å². The van der Waals surface area contributed by atoms with Crippen molar-refractivity contribution in [2.75, 3.05) is 19.8 Å². The number of ether oxygens (including phenoxy) is 3. The van der Waals surface area contributed by atoms with E-state index >= 15 is 0 Å². The largest absolute Gasteiger partial charge is 0.494 e. The number of H-pyrrole nitrogens is 1. The molecule has 2 aromatic rings. The van der Waals surface area contributed by atoms with Crippen molar-refractivity contribution in [1.29, 1.82) is 0 Å². The highest BCUT2D eigenvalue weighted by Crippen LogP contribution is 2.28. The van der Waals surface area contributed by atoms with Crippen LogP contribution in [0.3, 0.4) is 0 Å². The minimum absolute atomic E-state index is 0.150. The molecule has 1 aromatic heterocycles. The molecule has 0 saturated carbocycles. The van der Waals surface area contributed by atoms with Gasteiger partial charge in [0.1, 0.15) is 18.6 Å². The second kappa shape index (κ2) is 19.1. The Kier molecular flexibility index (Phi) is 16.3. The molecule has 1 aliphatic rings. The first-order valence-corrected chi connectivity index (χ1v) is 13.6. The van der Waals surface area contributed by atoms with Crippen LogP contribution in [0.5, 0.6) is 5.75 Å². The zero-order valence-corrected chi connectivity index (χ0v) is 24.0. The van der Waals surface area contributed by atoms with E-state index in [1.54, 1.807) is 0 Å². The number of halogens is 1. The van der Waals surface area contributed by atoms with Crippen LogP contribution in [0.15, 0.2) is 34.0 Å². The summed E-state index contributed by atoms with van der Waals surface area (Å²) in [5.41, 5.74) is 3.47. The van der Waals surface area contributed by atoms with Gasteiger partial charge in [-0.2, -0.15) is 4.39 Å². The van der Waals surface area contributed by atoms with Crippen molar-refractivity contribution in [2.24, 2.45) is 5.73 Å². The number of carbonyl (C=O) groups is 2. The molecule has 4 N–H and O–H groups in total. The Hall–Kier alpha value is -4.11. The summed E-state index contributed by atoms with van der Waals surface area (Å²) < 4.78 is 31.0. The number of aromatic amines is 1. The van der Waals surface area contributed by atoms with Crippen molar-refractivity contribution in [2.45, 2.75) is 78.0 Å². The summed E-state index contributed by atoms with van der Waals surface area (Å²) in [6, 6.07) is 4.23. The number of hydrogen-bond donors (Lipinski definition) is 3. The van der Waals surface area contributed by atoms with E-state index in [1.165, 1.54) is 18.2 Å². The number of nitrogens with one attached hydrogen (secondary N) is 1. The third-order valence-electron chi connectivity index (χ3n) is 5.70. The molecular weight excluding hydrogens is 559 g/mol. The number of hydrogen-bond acceptors (Lipinski definition) is 10. The molecule has 1 saturated heterocycles. The predicted molar refractivity (Wildman–Crippen MR) is 150 cm³/mol. The zero-order valence-electron chi connectivity index (χ0n) is 24.0. The maximum absolute atomic E-state index is 13.5. The number of aromatic nitrogens is 2. The number of benzene rings is 1. The first-order chi connectivity index (χ1) is 20.0. The van der Waals surface area contributed by atoms with Gasteiger partial charge < -0.3 is 25.1 Å². The average Bonchev–Trinajstić information content (AvgIpc) is 3.41. The van der Waals surface area contributed by atoms with Gasteiger partial charge in [0.25, 0.3) is 17.2 Å². The van der Waals surface area contributed by atoms with Crippen LogP contribution >= 0.6 is 0 Å². The van der Waals surface area contributed by atoms with Gasteiger partial charge in [-0.15, -0.1) is 0 Å². The fourth-order valence-electron chi connectivity index (χ4n) is 3.84. The summed E-state index contributed by atoms with van der Waals surface area (Å²) in [7, 11) is 0. The monoisotopic (exact) mass is 598 g/mol. The van der Waals surface area contributed by atoms with E-state index in [4.69, 9.17) is 29.8 Å². The fraction of sp³-hybridized carbons (Fsp3) is 0.556. The summed E-state index contributed by atoms with van der Waals surface area (Å²) in [6.45, 7) is 6.02. The van der Waals surface area contributed by atoms with Crippen LogP contribution in [0.1, 0.15) is 71.1 Å². The van der Waals surface area contributed by atoms with E-state index in [0.717, 1.165) is 43.4 Å². The fourth-order valence-corrected chi connectivity index (χ4v) is 3.84. The van der Waals surface area contributed by atoms with Gasteiger partial charge in [-0.25, -0.2) is 4.79 Å². The van der Waals surface area contributed by atoms with Gasteiger partial charge in [0.15, 0.2) is 0 Å². The topological polar surface area (TPSA) is 206 Å². The molecule has 0 bridgehead atoms. The lowest BCUT2D eigenvalue weighted by Gasteiger charge is -2.16. The van der Waals surface area contributed by atoms with Crippen molar-refractivity contribution in [3.05, 3.63) is 66.7 Å². The summed E-state index contributed by atoms with van der Waals surface area (Å²) >= 11 is 0. The summed E-state index contributed by atoms with van der Waals surface area (Å²) in [6.07, 6.45) is 3.52. The maximum Gasteiger partial charge on any atom is 0.330 e. The van der Waals surface area contributed by atoms with Gasteiger partial charge in [-0.3, -0.25) is 34.0 Å². The quantitative estimate of drug-likeness (QED) is 0.132. The molecule has 42 heavy (non-hydrogen) atoms. The molecule has 234 valence electrons. The van der Waals surface area contributed by atoms with Crippen LogP contribution in [-0.4, -0.2) is 57.4 Å². The smallest absolute Gasteiger partial charge is 0.330 e. The van der Waals surface area contributed by atoms with Crippen LogP contribution in [0.25, 0.3) is 0 Å². The number of unbranched alkanes of at least 4 members (excludes halogenated alkanes) is 3. The molecule has 14 nitrogen and oxygen atoms in total. The van der Waals surface area contributed by atoms with E-state index in [-0.39, 0.29) is 24.3 Å². The highest BCUT2D eigenvalue weighted by atomic mass is 19.1. The molecule has 1 aliphatic heterocycles. The average molecular weight is 599 g/mol. The van der Waals surface area contributed by atoms with Crippen LogP contribution < -0.4 is 21.7 Å². The number of carboxylic acids is 1. The molecule has 1 fully saturated rings. The molecule has 0 radical (unpaired) electrons. The number of aliphatic carboxylic acids is 1. The van der Waals surface area contributed by atoms with E-state index in [0.29, 0.717) is 31.7 Å². The number of nitrogens with zero attached hydrogens (tertiary/aromatic N) is 2. The SMILES string of the molecule is CC.CC(=O)O.NCCCCCCOc1ccc([N+](=O)[O-])c(CC(=O)OCC2CCC(n3cc(F)c(=O)[nH]c3=O)O2)c1. The standard InChI is InChI=1S/C23H29FN4O8.C2H4O2.C2H6/c24-18-13-27(23(31)26-22(18)30)20-8-6-17(36-20)14-35-21(29)12-15-11-16(5-7-19(15)28(32)33)34-10-4-2-1-3-9-25;1-2(3)4;1-2/h5,7,11,13,17,20H,1-4,6,8-10,12,14,25H2,(H,26,30,31);1H3,(H,3,4);1-2H3. The van der Waals surface area contributed by atoms with Gasteiger partial charge in [0, 0.05) is 18.6 Å². The molecule has 0 amide bonds. The molecule has 2 unspecified atom stereocenters. The van der Waals surface area contributed by atoms with Crippen molar-refractivity contribution in [1.82, 2.24) is 9.55 Å². The lowest BCUT2D eigenvalue weighted by molar-refractivity contribution is -0.385. The van der Waals surface area contributed by atoms with Gasteiger partial charge >= 0.3 is 11.7 Å². The molecule has 2 atom stereocenters. The molecule has 3 rings (SSSR count). The van der Waals surface area contributed by atoms with Crippen LogP contribution in [0, 0.1) is 15.9 Å². The van der Waals surface area contributed by atoms with Gasteiger partial charge in [0.05, 0.1) is 30.3 Å². The van der Waals surface area contributed by atoms with E-state index in [2.05, 4.69) is 0 Å². The first kappa shape index (κ1) is 35.9. The molecule has 1 aromatic carbocycles. The Morgan fingerprint density at radius 3 is 2.52 bits per heavy atom. The highest BCUT2D eigenvalue weighted by molar-refractivity contribution is 5.74. The predicted octanol–water partition coefficient (Wildman–Crippen LogP) is 3.06. The number of nitrogens with two attached hydrogens (primary N) is 1. The summed E-state index contributed by atoms with van der Waals surface area (Å²) in [4.78, 5) is 57.2. The van der Waals surface area contributed by atoms with Gasteiger partial charge in [0.2, 0.25) is 5.82 Å². The number of nitro groups is 1. The minimum Gasteiger partial charge on any atom is -0.494 e. The van der Waals surface area contributed by atoms with E-state index in [9.17, 15) is 28.9 Å². The summed E-state index contributed by atoms with van der Waals surface area (Å²) in [5, 5.41) is 18.8. The third kappa shape index (κ3) is 12.6. The van der Waals surface area contributed by atoms with Crippen molar-refractivity contribution < 1.29 is 38.2 Å². The Labute approximate surface area is 241 Å². The van der Waals surface area contributed by atoms with Crippen molar-refractivity contribution in [3.63, 3.8) is 0 Å². The molecule has 2 heterocycles. The highest BCUT2D eigenvalue weighted by Gasteiger charge is 2.29. The van der Waals surface area contributed by atoms with Crippen molar-refractivity contribution in [3.8, 4) is 5.75 Å².